The fourth-order valence-corrected chi connectivity index (χ4v) is 1.58. The quantitative estimate of drug-likeness (QED) is 0.482. The standard InChI is InChI=1S/C15H29FN2O5.C2H6/c1-5-13(19)18-10-12(16)15(2,3)23-9-8-22-7-6-17-14(20)11-21-4;1-2/h12H,5-11H2,1-4H3,(H,17,20)(H,18,19);1-2H3. The molecule has 0 aromatic heterocycles. The van der Waals surface area contributed by atoms with E-state index in [4.69, 9.17) is 9.47 Å². The maximum atomic E-state index is 14.0. The van der Waals surface area contributed by atoms with Gasteiger partial charge < -0.3 is 24.8 Å². The van der Waals surface area contributed by atoms with E-state index in [9.17, 15) is 14.0 Å². The number of rotatable bonds is 13. The van der Waals surface area contributed by atoms with E-state index in [0.29, 0.717) is 19.6 Å². The molecule has 0 spiro atoms. The number of carbonyl (C=O) groups is 2. The van der Waals surface area contributed by atoms with Crippen LogP contribution in [-0.2, 0) is 23.8 Å². The molecule has 25 heavy (non-hydrogen) atoms. The average molecular weight is 366 g/mol. The first kappa shape index (κ1) is 26.0. The van der Waals surface area contributed by atoms with Gasteiger partial charge in [0.15, 0.2) is 0 Å². The minimum absolute atomic E-state index is 0.0176. The number of alkyl halides is 1. The van der Waals surface area contributed by atoms with Crippen molar-refractivity contribution >= 4 is 11.8 Å². The number of methoxy groups -OCH3 is 1. The van der Waals surface area contributed by atoms with Crippen LogP contribution in [0.1, 0.15) is 41.0 Å². The molecule has 0 aromatic carbocycles. The molecule has 1 atom stereocenters. The van der Waals surface area contributed by atoms with Crippen LogP contribution in [0, 0.1) is 0 Å². The minimum Gasteiger partial charge on any atom is -0.377 e. The zero-order valence-electron chi connectivity index (χ0n) is 16.4. The highest BCUT2D eigenvalue weighted by Crippen LogP contribution is 2.17. The molecule has 0 aliphatic heterocycles. The predicted octanol–water partition coefficient (Wildman–Crippen LogP) is 1.45. The normalized spacial score (nSPS) is 12.0. The van der Waals surface area contributed by atoms with E-state index in [2.05, 4.69) is 15.4 Å². The maximum Gasteiger partial charge on any atom is 0.246 e. The topological polar surface area (TPSA) is 85.9 Å². The Hall–Kier alpha value is -1.25. The van der Waals surface area contributed by atoms with E-state index in [1.807, 2.05) is 13.8 Å². The molecule has 8 heteroatoms. The van der Waals surface area contributed by atoms with Crippen LogP contribution < -0.4 is 10.6 Å². The second-order valence-electron chi connectivity index (χ2n) is 5.47. The highest BCUT2D eigenvalue weighted by Gasteiger charge is 2.30. The summed E-state index contributed by atoms with van der Waals surface area (Å²) in [4.78, 5) is 22.2. The molecule has 2 N–H and O–H groups in total. The Balaban J connectivity index is 0. The van der Waals surface area contributed by atoms with Crippen LogP contribution in [0.25, 0.3) is 0 Å². The van der Waals surface area contributed by atoms with E-state index >= 15 is 0 Å². The zero-order chi connectivity index (χ0) is 19.7. The van der Waals surface area contributed by atoms with Crippen LogP contribution in [0.2, 0.25) is 0 Å². The van der Waals surface area contributed by atoms with Crippen molar-refractivity contribution in [1.82, 2.24) is 10.6 Å². The van der Waals surface area contributed by atoms with E-state index in [1.54, 1.807) is 20.8 Å². The molecule has 0 radical (unpaired) electrons. The Morgan fingerprint density at radius 2 is 1.72 bits per heavy atom. The van der Waals surface area contributed by atoms with Gasteiger partial charge in [0.1, 0.15) is 12.8 Å². The summed E-state index contributed by atoms with van der Waals surface area (Å²) in [5.41, 5.74) is -1.02. The molecule has 0 rings (SSSR count). The lowest BCUT2D eigenvalue weighted by molar-refractivity contribution is -0.125. The van der Waals surface area contributed by atoms with Crippen LogP contribution in [0.4, 0.5) is 4.39 Å². The van der Waals surface area contributed by atoms with Crippen LogP contribution in [-0.4, -0.2) is 70.2 Å². The third-order valence-corrected chi connectivity index (χ3v) is 3.10. The molecule has 0 aliphatic rings. The first-order valence-corrected chi connectivity index (χ1v) is 8.71. The van der Waals surface area contributed by atoms with Gasteiger partial charge in [-0.2, -0.15) is 0 Å². The summed E-state index contributed by atoms with van der Waals surface area (Å²) in [7, 11) is 1.45. The molecule has 0 aliphatic carbocycles. The van der Waals surface area contributed by atoms with Gasteiger partial charge in [-0.25, -0.2) is 4.39 Å². The molecular formula is C17H35FN2O5. The largest absolute Gasteiger partial charge is 0.377 e. The van der Waals surface area contributed by atoms with Crippen molar-refractivity contribution in [3.05, 3.63) is 0 Å². The summed E-state index contributed by atoms with van der Waals surface area (Å²) >= 11 is 0. The van der Waals surface area contributed by atoms with E-state index in [-0.39, 0.29) is 38.2 Å². The SMILES string of the molecule is CC.CCC(=O)NCC(F)C(C)(C)OCCOCCNC(=O)COC. The summed E-state index contributed by atoms with van der Waals surface area (Å²) in [6.45, 7) is 10.1. The Morgan fingerprint density at radius 1 is 1.08 bits per heavy atom. The third-order valence-electron chi connectivity index (χ3n) is 3.10. The molecule has 0 fully saturated rings. The smallest absolute Gasteiger partial charge is 0.246 e. The number of carbonyl (C=O) groups excluding carboxylic acids is 2. The van der Waals surface area contributed by atoms with Gasteiger partial charge in [-0.15, -0.1) is 0 Å². The van der Waals surface area contributed by atoms with Crippen molar-refractivity contribution in [2.45, 2.75) is 52.8 Å². The van der Waals surface area contributed by atoms with Gasteiger partial charge >= 0.3 is 0 Å². The monoisotopic (exact) mass is 366 g/mol. The molecule has 2 amide bonds. The molecule has 150 valence electrons. The van der Waals surface area contributed by atoms with E-state index in [1.165, 1.54) is 7.11 Å². The first-order valence-electron chi connectivity index (χ1n) is 8.71. The Bertz CT molecular complexity index is 354. The summed E-state index contributed by atoms with van der Waals surface area (Å²) in [5, 5.41) is 5.11. The summed E-state index contributed by atoms with van der Waals surface area (Å²) in [6.07, 6.45) is -0.991. The Morgan fingerprint density at radius 3 is 2.28 bits per heavy atom. The fraction of sp³-hybridized carbons (Fsp3) is 0.882. The van der Waals surface area contributed by atoms with Gasteiger partial charge in [0.05, 0.1) is 32.0 Å². The van der Waals surface area contributed by atoms with Crippen LogP contribution in [0.15, 0.2) is 0 Å². The minimum atomic E-state index is -1.31. The predicted molar refractivity (Wildman–Crippen MR) is 95.3 cm³/mol. The second kappa shape index (κ2) is 16.2. The van der Waals surface area contributed by atoms with Crippen molar-refractivity contribution in [2.24, 2.45) is 0 Å². The summed E-state index contributed by atoms with van der Waals surface area (Å²) < 4.78 is 29.4. The average Bonchev–Trinajstić information content (AvgIpc) is 2.60. The fourth-order valence-electron chi connectivity index (χ4n) is 1.58. The zero-order valence-corrected chi connectivity index (χ0v) is 16.4. The highest BCUT2D eigenvalue weighted by molar-refractivity contribution is 5.77. The number of hydrogen-bond acceptors (Lipinski definition) is 5. The number of hydrogen-bond donors (Lipinski definition) is 2. The molecule has 0 bridgehead atoms. The number of ether oxygens (including phenoxy) is 3. The molecule has 0 aromatic rings. The van der Waals surface area contributed by atoms with Gasteiger partial charge in [0.2, 0.25) is 11.8 Å². The highest BCUT2D eigenvalue weighted by atomic mass is 19.1. The molecule has 0 saturated heterocycles. The van der Waals surface area contributed by atoms with E-state index < -0.39 is 11.8 Å². The summed E-state index contributed by atoms with van der Waals surface area (Å²) in [5.74, 6) is -0.398. The maximum absolute atomic E-state index is 14.0. The Kier molecular flexibility index (Phi) is 16.9. The number of nitrogens with one attached hydrogen (secondary N) is 2. The van der Waals surface area contributed by atoms with Crippen molar-refractivity contribution in [3.8, 4) is 0 Å². The lowest BCUT2D eigenvalue weighted by atomic mass is 10.0. The van der Waals surface area contributed by atoms with Gasteiger partial charge in [0.25, 0.3) is 0 Å². The van der Waals surface area contributed by atoms with Gasteiger partial charge in [-0.05, 0) is 13.8 Å². The number of amides is 2. The molecule has 7 nitrogen and oxygen atoms in total. The van der Waals surface area contributed by atoms with Gasteiger partial charge in [0, 0.05) is 20.1 Å². The molecular weight excluding hydrogens is 331 g/mol. The molecule has 1 unspecified atom stereocenters. The van der Waals surface area contributed by atoms with Crippen molar-refractivity contribution < 1.29 is 28.2 Å². The van der Waals surface area contributed by atoms with E-state index in [0.717, 1.165) is 0 Å². The third kappa shape index (κ3) is 14.8. The van der Waals surface area contributed by atoms with Crippen LogP contribution in [0.5, 0.6) is 0 Å². The van der Waals surface area contributed by atoms with Gasteiger partial charge in [-0.1, -0.05) is 20.8 Å². The molecule has 0 saturated carbocycles. The second-order valence-corrected chi connectivity index (χ2v) is 5.47. The first-order chi connectivity index (χ1) is 11.8. The summed E-state index contributed by atoms with van der Waals surface area (Å²) in [6, 6.07) is 0. The Labute approximate surface area is 151 Å². The van der Waals surface area contributed by atoms with Crippen molar-refractivity contribution in [2.75, 3.05) is 46.6 Å². The molecule has 0 heterocycles. The van der Waals surface area contributed by atoms with Crippen LogP contribution >= 0.6 is 0 Å². The van der Waals surface area contributed by atoms with Crippen LogP contribution in [0.3, 0.4) is 0 Å². The lowest BCUT2D eigenvalue weighted by Crippen LogP contribution is -2.44. The van der Waals surface area contributed by atoms with Crippen molar-refractivity contribution in [1.29, 1.82) is 0 Å². The lowest BCUT2D eigenvalue weighted by Gasteiger charge is -2.29. The van der Waals surface area contributed by atoms with Gasteiger partial charge in [-0.3, -0.25) is 9.59 Å². The van der Waals surface area contributed by atoms with Crippen molar-refractivity contribution in [3.63, 3.8) is 0 Å². The number of halogens is 1.